The van der Waals surface area contributed by atoms with Gasteiger partial charge in [0.25, 0.3) is 0 Å². The number of rotatable bonds is 6. The highest BCUT2D eigenvalue weighted by atomic mass is 32.1. The van der Waals surface area contributed by atoms with Gasteiger partial charge >= 0.3 is 5.97 Å². The third-order valence-corrected chi connectivity index (χ3v) is 5.65. The number of hydrogen-bond donors (Lipinski definition) is 1. The highest BCUT2D eigenvalue weighted by molar-refractivity contribution is 7.16. The van der Waals surface area contributed by atoms with Gasteiger partial charge in [-0.15, -0.1) is 16.4 Å². The molecule has 0 atom stereocenters. The Morgan fingerprint density at radius 2 is 2.12 bits per heavy atom. The molecular formula is C16H22N6O3S. The highest BCUT2D eigenvalue weighted by Gasteiger charge is 2.35. The first-order chi connectivity index (χ1) is 12.5. The van der Waals surface area contributed by atoms with E-state index in [1.165, 1.54) is 24.9 Å². The molecule has 0 spiro atoms. The topological polar surface area (TPSA) is 112 Å². The van der Waals surface area contributed by atoms with E-state index in [4.69, 9.17) is 4.74 Å². The van der Waals surface area contributed by atoms with E-state index in [9.17, 15) is 9.59 Å². The number of amides is 1. The molecule has 3 rings (SSSR count). The number of tetrazole rings is 1. The second-order valence-electron chi connectivity index (χ2n) is 6.71. The van der Waals surface area contributed by atoms with Gasteiger partial charge in [0.2, 0.25) is 5.91 Å². The maximum atomic E-state index is 12.7. The summed E-state index contributed by atoms with van der Waals surface area (Å²) in [6.07, 6.45) is 7.26. The molecule has 10 heteroatoms. The molecule has 0 bridgehead atoms. The monoisotopic (exact) mass is 378 g/mol. The maximum absolute atomic E-state index is 12.7. The molecule has 1 saturated carbocycles. The Balaban J connectivity index is 1.69. The number of carbonyl (C=O) groups is 2. The molecule has 1 N–H and O–H groups in total. The molecule has 0 saturated heterocycles. The van der Waals surface area contributed by atoms with Crippen LogP contribution in [0.15, 0.2) is 6.33 Å². The minimum absolute atomic E-state index is 0.106. The Bertz CT molecular complexity index is 767. The van der Waals surface area contributed by atoms with E-state index >= 15 is 0 Å². The van der Waals surface area contributed by atoms with Crippen molar-refractivity contribution in [2.24, 2.45) is 5.41 Å². The predicted molar refractivity (Wildman–Crippen MR) is 94.8 cm³/mol. The summed E-state index contributed by atoms with van der Waals surface area (Å²) in [5, 5.41) is 14.6. The number of thiazole rings is 1. The van der Waals surface area contributed by atoms with Gasteiger partial charge in [0, 0.05) is 11.3 Å². The lowest BCUT2D eigenvalue weighted by Gasteiger charge is -2.36. The van der Waals surface area contributed by atoms with Gasteiger partial charge in [0.15, 0.2) is 10.8 Å². The summed E-state index contributed by atoms with van der Waals surface area (Å²) < 4.78 is 6.40. The number of anilines is 1. The van der Waals surface area contributed by atoms with Crippen molar-refractivity contribution in [3.05, 3.63) is 16.9 Å². The van der Waals surface area contributed by atoms with E-state index in [0.717, 1.165) is 25.7 Å². The Morgan fingerprint density at radius 1 is 1.35 bits per heavy atom. The zero-order valence-electron chi connectivity index (χ0n) is 14.9. The van der Waals surface area contributed by atoms with Crippen LogP contribution >= 0.6 is 11.3 Å². The Labute approximate surface area is 155 Å². The largest absolute Gasteiger partial charge is 0.464 e. The predicted octanol–water partition coefficient (Wildman–Crippen LogP) is 2.20. The zero-order valence-corrected chi connectivity index (χ0v) is 15.7. The summed E-state index contributed by atoms with van der Waals surface area (Å²) in [5.41, 5.74) is 0.0868. The van der Waals surface area contributed by atoms with Gasteiger partial charge in [0.1, 0.15) is 6.33 Å². The number of hydrogen-bond acceptors (Lipinski definition) is 8. The van der Waals surface area contributed by atoms with Gasteiger partial charge in [-0.2, -0.15) is 0 Å². The zero-order chi connectivity index (χ0) is 18.6. The molecule has 2 aromatic heterocycles. The van der Waals surface area contributed by atoms with Crippen molar-refractivity contribution in [2.75, 3.05) is 12.4 Å². The van der Waals surface area contributed by atoms with Crippen molar-refractivity contribution in [3.63, 3.8) is 0 Å². The molecule has 2 aromatic rings. The maximum Gasteiger partial charge on any atom is 0.357 e. The number of aromatic nitrogens is 5. The van der Waals surface area contributed by atoms with Gasteiger partial charge in [-0.05, 0) is 35.6 Å². The molecule has 1 aliphatic carbocycles. The van der Waals surface area contributed by atoms with Gasteiger partial charge in [0.05, 0.1) is 13.7 Å². The van der Waals surface area contributed by atoms with Crippen molar-refractivity contribution in [1.82, 2.24) is 25.2 Å². The van der Waals surface area contributed by atoms with Crippen LogP contribution in [-0.2, 0) is 16.1 Å². The van der Waals surface area contributed by atoms with Crippen LogP contribution < -0.4 is 5.32 Å². The molecule has 9 nitrogen and oxygen atoms in total. The van der Waals surface area contributed by atoms with Crippen LogP contribution in [0.3, 0.4) is 0 Å². The first-order valence-electron chi connectivity index (χ1n) is 8.58. The standard InChI is InChI=1S/C16H22N6O3S/c1-11-13(14(24)25-2)19-15(26-11)18-12(23)8-16(6-4-3-5-7-16)9-22-10-17-20-21-22/h10H,3-9H2,1-2H3,(H,18,19,23). The van der Waals surface area contributed by atoms with Gasteiger partial charge in [-0.3, -0.25) is 4.79 Å². The van der Waals surface area contributed by atoms with Crippen LogP contribution in [0.2, 0.25) is 0 Å². The van der Waals surface area contributed by atoms with Crippen LogP contribution in [0, 0.1) is 12.3 Å². The second kappa shape index (κ2) is 7.90. The molecule has 1 fully saturated rings. The number of carbonyl (C=O) groups excluding carboxylic acids is 2. The van der Waals surface area contributed by atoms with Crippen molar-refractivity contribution in [1.29, 1.82) is 0 Å². The Morgan fingerprint density at radius 3 is 2.77 bits per heavy atom. The number of aryl methyl sites for hydroxylation is 1. The van der Waals surface area contributed by atoms with E-state index in [0.29, 0.717) is 23.0 Å². The number of nitrogens with zero attached hydrogens (tertiary/aromatic N) is 5. The van der Waals surface area contributed by atoms with E-state index in [-0.39, 0.29) is 17.0 Å². The average Bonchev–Trinajstić information content (AvgIpc) is 3.24. The molecule has 140 valence electrons. The van der Waals surface area contributed by atoms with E-state index in [1.807, 2.05) is 0 Å². The summed E-state index contributed by atoms with van der Waals surface area (Å²) in [6.45, 7) is 2.40. The Hall–Kier alpha value is -2.36. The summed E-state index contributed by atoms with van der Waals surface area (Å²) in [6, 6.07) is 0. The summed E-state index contributed by atoms with van der Waals surface area (Å²) in [5.74, 6) is -0.605. The summed E-state index contributed by atoms with van der Waals surface area (Å²) >= 11 is 1.27. The molecule has 0 aromatic carbocycles. The van der Waals surface area contributed by atoms with E-state index in [1.54, 1.807) is 17.9 Å². The summed E-state index contributed by atoms with van der Waals surface area (Å²) in [7, 11) is 1.31. The lowest BCUT2D eigenvalue weighted by atomic mass is 9.71. The first-order valence-corrected chi connectivity index (χ1v) is 9.39. The van der Waals surface area contributed by atoms with Gasteiger partial charge in [-0.1, -0.05) is 19.3 Å². The van der Waals surface area contributed by atoms with Crippen LogP contribution in [0.5, 0.6) is 0 Å². The average molecular weight is 378 g/mol. The van der Waals surface area contributed by atoms with E-state index < -0.39 is 5.97 Å². The highest BCUT2D eigenvalue weighted by Crippen LogP contribution is 2.41. The van der Waals surface area contributed by atoms with Crippen molar-refractivity contribution in [3.8, 4) is 0 Å². The minimum Gasteiger partial charge on any atom is -0.464 e. The fourth-order valence-electron chi connectivity index (χ4n) is 3.53. The van der Waals surface area contributed by atoms with E-state index in [2.05, 4.69) is 25.8 Å². The third kappa shape index (κ3) is 4.24. The lowest BCUT2D eigenvalue weighted by molar-refractivity contribution is -0.119. The van der Waals surface area contributed by atoms with Crippen LogP contribution in [0.4, 0.5) is 5.13 Å². The molecule has 0 aliphatic heterocycles. The minimum atomic E-state index is -0.498. The second-order valence-corrected chi connectivity index (χ2v) is 7.91. The van der Waals surface area contributed by atoms with Crippen LogP contribution in [-0.4, -0.2) is 44.2 Å². The summed E-state index contributed by atoms with van der Waals surface area (Å²) in [4.78, 5) is 29.2. The third-order valence-electron chi connectivity index (χ3n) is 4.76. The SMILES string of the molecule is COC(=O)c1nc(NC(=O)CC2(Cn3cnnn3)CCCCC2)sc1C. The number of methoxy groups -OCH3 is 1. The first kappa shape index (κ1) is 18.4. The van der Waals surface area contributed by atoms with Crippen molar-refractivity contribution >= 4 is 28.3 Å². The quantitative estimate of drug-likeness (QED) is 0.767. The molecular weight excluding hydrogens is 356 g/mol. The normalized spacial score (nSPS) is 16.2. The smallest absolute Gasteiger partial charge is 0.357 e. The van der Waals surface area contributed by atoms with Crippen LogP contribution in [0.25, 0.3) is 0 Å². The lowest BCUT2D eigenvalue weighted by Crippen LogP contribution is -2.34. The fourth-order valence-corrected chi connectivity index (χ4v) is 4.35. The number of esters is 1. The molecule has 0 unspecified atom stereocenters. The Kier molecular flexibility index (Phi) is 5.60. The molecule has 26 heavy (non-hydrogen) atoms. The van der Waals surface area contributed by atoms with Gasteiger partial charge in [-0.25, -0.2) is 14.5 Å². The molecule has 0 radical (unpaired) electrons. The van der Waals surface area contributed by atoms with Crippen LogP contribution in [0.1, 0.15) is 53.9 Å². The van der Waals surface area contributed by atoms with Gasteiger partial charge < -0.3 is 10.1 Å². The fraction of sp³-hybridized carbons (Fsp3) is 0.625. The van der Waals surface area contributed by atoms with Crippen molar-refractivity contribution in [2.45, 2.75) is 52.0 Å². The molecule has 2 heterocycles. The molecule has 1 amide bonds. The molecule has 1 aliphatic rings. The van der Waals surface area contributed by atoms with Crippen molar-refractivity contribution < 1.29 is 14.3 Å². The number of nitrogens with one attached hydrogen (secondary N) is 1. The number of ether oxygens (including phenoxy) is 1.